The Bertz CT molecular complexity index is 987. The lowest BCUT2D eigenvalue weighted by molar-refractivity contribution is -0.142. The van der Waals surface area contributed by atoms with Crippen molar-refractivity contribution in [3.63, 3.8) is 0 Å². The van der Waals surface area contributed by atoms with Crippen molar-refractivity contribution in [3.05, 3.63) is 59.2 Å². The molecule has 0 radical (unpaired) electrons. The van der Waals surface area contributed by atoms with Crippen LogP contribution in [0.3, 0.4) is 0 Å². The third-order valence-corrected chi connectivity index (χ3v) is 4.44. The molecule has 2 rings (SSSR count). The number of nitrogens with zero attached hydrogens (tertiary/aromatic N) is 2. The Labute approximate surface area is 182 Å². The maximum atomic E-state index is 12.7. The second kappa shape index (κ2) is 11.4. The zero-order chi connectivity index (χ0) is 22.8. The molecule has 0 bridgehead atoms. The van der Waals surface area contributed by atoms with E-state index in [1.807, 2.05) is 38.1 Å². The average Bonchev–Trinajstić information content (AvgIpc) is 2.75. The van der Waals surface area contributed by atoms with Gasteiger partial charge in [0.15, 0.2) is 6.61 Å². The summed E-state index contributed by atoms with van der Waals surface area (Å²) in [7, 11) is 3.07. The van der Waals surface area contributed by atoms with Crippen LogP contribution in [0, 0.1) is 25.2 Å². The molecule has 2 aromatic carbocycles. The molecule has 1 amide bonds. The van der Waals surface area contributed by atoms with Crippen molar-refractivity contribution in [1.29, 1.82) is 5.26 Å². The van der Waals surface area contributed by atoms with Crippen molar-refractivity contribution in [2.24, 2.45) is 0 Å². The van der Waals surface area contributed by atoms with Gasteiger partial charge in [-0.15, -0.1) is 0 Å². The van der Waals surface area contributed by atoms with Crippen LogP contribution >= 0.6 is 0 Å². The lowest BCUT2D eigenvalue weighted by Gasteiger charge is -2.22. The first-order valence-corrected chi connectivity index (χ1v) is 9.70. The molecule has 2 aromatic rings. The number of carbonyl (C=O) groups is 2. The molecule has 31 heavy (non-hydrogen) atoms. The first-order chi connectivity index (χ1) is 14.9. The van der Waals surface area contributed by atoms with Gasteiger partial charge in [-0.2, -0.15) is 5.26 Å². The van der Waals surface area contributed by atoms with Gasteiger partial charge in [-0.05, 0) is 55.3 Å². The van der Waals surface area contributed by atoms with E-state index in [1.54, 1.807) is 31.4 Å². The van der Waals surface area contributed by atoms with Crippen LogP contribution in [-0.2, 0) is 14.3 Å². The van der Waals surface area contributed by atoms with Gasteiger partial charge >= 0.3 is 5.97 Å². The van der Waals surface area contributed by atoms with Crippen LogP contribution in [0.2, 0.25) is 0 Å². The van der Waals surface area contributed by atoms with E-state index in [0.717, 1.165) is 11.1 Å². The number of hydrogen-bond donors (Lipinski definition) is 0. The number of amides is 1. The molecule has 0 aliphatic carbocycles. The van der Waals surface area contributed by atoms with E-state index in [2.05, 4.69) is 0 Å². The van der Waals surface area contributed by atoms with Crippen molar-refractivity contribution < 1.29 is 23.8 Å². The Kier molecular flexibility index (Phi) is 8.64. The summed E-state index contributed by atoms with van der Waals surface area (Å²) in [5, 5.41) is 8.92. The number of carbonyl (C=O) groups excluding carboxylic acids is 2. The lowest BCUT2D eigenvalue weighted by Crippen LogP contribution is -2.35. The minimum atomic E-state index is -0.660. The van der Waals surface area contributed by atoms with Gasteiger partial charge in [-0.3, -0.25) is 4.79 Å². The number of methoxy groups -OCH3 is 2. The number of ether oxygens (including phenoxy) is 3. The largest absolute Gasteiger partial charge is 0.497 e. The summed E-state index contributed by atoms with van der Waals surface area (Å²) in [4.78, 5) is 26.3. The standard InChI is InChI=1S/C24H26N2O5/c1-17-12-18(2)14-20(13-17)26(11-5-10-25)23(27)16-31-24(28)9-7-19-6-8-21(29-3)15-22(19)30-4/h6-9,12-15H,5,11,16H2,1-4H3/b9-7+. The highest BCUT2D eigenvalue weighted by atomic mass is 16.5. The van der Waals surface area contributed by atoms with Gasteiger partial charge in [0.1, 0.15) is 11.5 Å². The fraction of sp³-hybridized carbons (Fsp3) is 0.292. The van der Waals surface area contributed by atoms with Crippen LogP contribution in [0.15, 0.2) is 42.5 Å². The molecule has 0 saturated heterocycles. The summed E-state index contributed by atoms with van der Waals surface area (Å²) in [5.74, 6) is 0.110. The van der Waals surface area contributed by atoms with E-state index >= 15 is 0 Å². The molecular weight excluding hydrogens is 396 g/mol. The minimum Gasteiger partial charge on any atom is -0.497 e. The van der Waals surface area contributed by atoms with Crippen LogP contribution in [0.5, 0.6) is 11.5 Å². The molecule has 0 fully saturated rings. The Balaban J connectivity index is 2.05. The zero-order valence-electron chi connectivity index (χ0n) is 18.2. The van der Waals surface area contributed by atoms with Gasteiger partial charge in [-0.1, -0.05) is 6.07 Å². The van der Waals surface area contributed by atoms with Gasteiger partial charge < -0.3 is 19.1 Å². The fourth-order valence-corrected chi connectivity index (χ4v) is 3.04. The van der Waals surface area contributed by atoms with Crippen LogP contribution < -0.4 is 14.4 Å². The summed E-state index contributed by atoms with van der Waals surface area (Å²) in [6.45, 7) is 3.65. The molecule has 0 saturated carbocycles. The number of rotatable bonds is 9. The SMILES string of the molecule is COc1ccc(/C=C/C(=O)OCC(=O)N(CCC#N)c2cc(C)cc(C)c2)c(OC)c1. The summed E-state index contributed by atoms with van der Waals surface area (Å²) in [6, 6.07) is 12.9. The smallest absolute Gasteiger partial charge is 0.331 e. The highest BCUT2D eigenvalue weighted by Crippen LogP contribution is 2.25. The Hall–Kier alpha value is -3.79. The first kappa shape index (κ1) is 23.5. The molecule has 0 aliphatic heterocycles. The summed E-state index contributed by atoms with van der Waals surface area (Å²) < 4.78 is 15.6. The normalized spacial score (nSPS) is 10.4. The van der Waals surface area contributed by atoms with E-state index in [1.165, 1.54) is 18.1 Å². The third kappa shape index (κ3) is 6.89. The van der Waals surface area contributed by atoms with E-state index < -0.39 is 18.5 Å². The molecule has 0 N–H and O–H groups in total. The predicted molar refractivity (Wildman–Crippen MR) is 118 cm³/mol. The molecule has 0 atom stereocenters. The highest BCUT2D eigenvalue weighted by molar-refractivity contribution is 5.96. The highest BCUT2D eigenvalue weighted by Gasteiger charge is 2.17. The number of aryl methyl sites for hydroxylation is 2. The number of nitriles is 1. The third-order valence-electron chi connectivity index (χ3n) is 4.44. The van der Waals surface area contributed by atoms with Gasteiger partial charge in [0.25, 0.3) is 5.91 Å². The summed E-state index contributed by atoms with van der Waals surface area (Å²) in [6.07, 6.45) is 2.94. The minimum absolute atomic E-state index is 0.170. The zero-order valence-corrected chi connectivity index (χ0v) is 18.2. The van der Waals surface area contributed by atoms with Gasteiger partial charge in [0.05, 0.1) is 26.7 Å². The van der Waals surface area contributed by atoms with Gasteiger partial charge in [0, 0.05) is 29.9 Å². The second-order valence-corrected chi connectivity index (χ2v) is 6.85. The molecule has 0 aliphatic rings. The molecule has 0 unspecified atom stereocenters. The van der Waals surface area contributed by atoms with Crippen LogP contribution in [0.1, 0.15) is 23.1 Å². The maximum absolute atomic E-state index is 12.7. The number of benzene rings is 2. The first-order valence-electron chi connectivity index (χ1n) is 9.70. The Morgan fingerprint density at radius 2 is 1.77 bits per heavy atom. The van der Waals surface area contributed by atoms with E-state index in [4.69, 9.17) is 19.5 Å². The van der Waals surface area contributed by atoms with Crippen LogP contribution in [0.4, 0.5) is 5.69 Å². The molecule has 162 valence electrons. The van der Waals surface area contributed by atoms with Crippen molar-refractivity contribution in [1.82, 2.24) is 0 Å². The fourth-order valence-electron chi connectivity index (χ4n) is 3.04. The molecule has 7 nitrogen and oxygen atoms in total. The van der Waals surface area contributed by atoms with Crippen LogP contribution in [0.25, 0.3) is 6.08 Å². The number of anilines is 1. The maximum Gasteiger partial charge on any atom is 0.331 e. The van der Waals surface area contributed by atoms with Crippen molar-refractivity contribution >= 4 is 23.6 Å². The Morgan fingerprint density at radius 1 is 1.06 bits per heavy atom. The van der Waals surface area contributed by atoms with Crippen molar-refractivity contribution in [3.8, 4) is 17.6 Å². The molecule has 0 heterocycles. The number of hydrogen-bond acceptors (Lipinski definition) is 6. The van der Waals surface area contributed by atoms with Crippen LogP contribution in [-0.4, -0.2) is 39.2 Å². The predicted octanol–water partition coefficient (Wildman–Crippen LogP) is 3.82. The van der Waals surface area contributed by atoms with E-state index in [-0.39, 0.29) is 13.0 Å². The molecular formula is C24H26N2O5. The van der Waals surface area contributed by atoms with E-state index in [0.29, 0.717) is 22.7 Å². The summed E-state index contributed by atoms with van der Waals surface area (Å²) in [5.41, 5.74) is 3.33. The average molecular weight is 422 g/mol. The molecule has 7 heteroatoms. The van der Waals surface area contributed by atoms with E-state index in [9.17, 15) is 9.59 Å². The monoisotopic (exact) mass is 422 g/mol. The van der Waals surface area contributed by atoms with Crippen molar-refractivity contribution in [2.45, 2.75) is 20.3 Å². The quantitative estimate of drug-likeness (QED) is 0.451. The molecule has 0 spiro atoms. The summed E-state index contributed by atoms with van der Waals surface area (Å²) >= 11 is 0. The number of esters is 1. The van der Waals surface area contributed by atoms with Gasteiger partial charge in [0.2, 0.25) is 0 Å². The Morgan fingerprint density at radius 3 is 2.39 bits per heavy atom. The van der Waals surface area contributed by atoms with Gasteiger partial charge in [-0.25, -0.2) is 4.79 Å². The lowest BCUT2D eigenvalue weighted by atomic mass is 10.1. The molecule has 0 aromatic heterocycles. The van der Waals surface area contributed by atoms with Crippen molar-refractivity contribution in [2.75, 3.05) is 32.3 Å². The second-order valence-electron chi connectivity index (χ2n) is 6.85. The topological polar surface area (TPSA) is 88.9 Å².